The highest BCUT2D eigenvalue weighted by molar-refractivity contribution is 7.93. The maximum absolute atomic E-state index is 14.2. The van der Waals surface area contributed by atoms with Crippen LogP contribution in [0.2, 0.25) is 19.6 Å². The summed E-state index contributed by atoms with van der Waals surface area (Å²) in [6, 6.07) is 9.74. The van der Waals surface area contributed by atoms with Crippen LogP contribution < -0.4 is 4.31 Å². The van der Waals surface area contributed by atoms with E-state index in [1.165, 1.54) is 36.4 Å². The van der Waals surface area contributed by atoms with Crippen LogP contribution in [-0.2, 0) is 41.8 Å². The lowest BCUT2D eigenvalue weighted by atomic mass is 9.97. The second-order valence-corrected chi connectivity index (χ2v) is 19.3. The summed E-state index contributed by atoms with van der Waals surface area (Å²) in [5, 5.41) is 3.76. The molecule has 0 aliphatic carbocycles. The van der Waals surface area contributed by atoms with Gasteiger partial charge in [0, 0.05) is 17.4 Å². The van der Waals surface area contributed by atoms with E-state index in [9.17, 15) is 30.0 Å². The van der Waals surface area contributed by atoms with Crippen LogP contribution in [0.5, 0.6) is 0 Å². The highest BCUT2D eigenvalue weighted by Gasteiger charge is 2.37. The molecule has 2 aromatic carbocycles. The van der Waals surface area contributed by atoms with Crippen LogP contribution in [0.4, 0.5) is 19.1 Å². The van der Waals surface area contributed by atoms with Gasteiger partial charge in [0.05, 0.1) is 37.1 Å². The Morgan fingerprint density at radius 2 is 1.68 bits per heavy atom. The molecule has 0 N–H and O–H groups in total. The van der Waals surface area contributed by atoms with Gasteiger partial charge in [-0.2, -0.15) is 21.6 Å². The summed E-state index contributed by atoms with van der Waals surface area (Å²) >= 11 is 0. The molecular formula is C25H31F3N2O7S2Si. The molecule has 1 aromatic heterocycles. The number of nitrogens with zero attached hydrogens (tertiary/aromatic N) is 2. The van der Waals surface area contributed by atoms with Crippen molar-refractivity contribution in [2.24, 2.45) is 0 Å². The molecule has 9 nitrogen and oxygen atoms in total. The quantitative estimate of drug-likeness (QED) is 0.155. The highest BCUT2D eigenvalue weighted by atomic mass is 32.2. The first-order valence-electron chi connectivity index (χ1n) is 12.0. The minimum absolute atomic E-state index is 0.0608. The van der Waals surface area contributed by atoms with E-state index in [2.05, 4.69) is 9.34 Å². The monoisotopic (exact) mass is 620 g/mol. The zero-order valence-electron chi connectivity index (χ0n) is 22.8. The predicted molar refractivity (Wildman–Crippen MR) is 146 cm³/mol. The van der Waals surface area contributed by atoms with Gasteiger partial charge >= 0.3 is 6.18 Å². The molecule has 0 aliphatic heterocycles. The minimum Gasteiger partial charge on any atom is -0.360 e. The van der Waals surface area contributed by atoms with E-state index >= 15 is 0 Å². The van der Waals surface area contributed by atoms with Crippen molar-refractivity contribution in [2.45, 2.75) is 56.9 Å². The fourth-order valence-electron chi connectivity index (χ4n) is 3.51. The predicted octanol–water partition coefficient (Wildman–Crippen LogP) is 5.58. The molecule has 0 bridgehead atoms. The van der Waals surface area contributed by atoms with Crippen molar-refractivity contribution in [3.8, 4) is 11.1 Å². The van der Waals surface area contributed by atoms with E-state index in [1.807, 2.05) is 26.6 Å². The third-order valence-corrected chi connectivity index (χ3v) is 11.0. The Labute approximate surface area is 233 Å². The number of aryl methyl sites for hydroxylation is 1. The Morgan fingerprint density at radius 1 is 1.02 bits per heavy atom. The second kappa shape index (κ2) is 11.6. The number of anilines is 1. The Morgan fingerprint density at radius 3 is 2.23 bits per heavy atom. The molecule has 1 atom stereocenters. The fraction of sp³-hybridized carbons (Fsp3) is 0.400. The SMILES string of the molecule is Cc1cc(N(COC(C)[Si](C)(C)C)S(=O)(=O)c2ccccc2-c2ccc(COS(C)(=O)=O)cc2C(F)(F)F)on1. The molecule has 0 fully saturated rings. The Hall–Kier alpha value is -2.72. The lowest BCUT2D eigenvalue weighted by Crippen LogP contribution is -2.42. The summed E-state index contributed by atoms with van der Waals surface area (Å²) < 4.78 is 110. The Bertz CT molecular complexity index is 1570. The first-order valence-corrected chi connectivity index (χ1v) is 18.9. The van der Waals surface area contributed by atoms with Crippen molar-refractivity contribution in [1.82, 2.24) is 5.16 Å². The van der Waals surface area contributed by atoms with E-state index in [4.69, 9.17) is 9.26 Å². The number of hydrogen-bond donors (Lipinski definition) is 0. The maximum Gasteiger partial charge on any atom is 0.417 e. The van der Waals surface area contributed by atoms with Gasteiger partial charge in [-0.05, 0) is 37.1 Å². The van der Waals surface area contributed by atoms with Gasteiger partial charge in [0.25, 0.3) is 20.1 Å². The third kappa shape index (κ3) is 7.72. The van der Waals surface area contributed by atoms with E-state index in [-0.39, 0.29) is 22.7 Å². The van der Waals surface area contributed by atoms with Crippen LogP contribution in [-0.4, -0.2) is 48.8 Å². The van der Waals surface area contributed by atoms with Crippen LogP contribution in [0.15, 0.2) is 57.9 Å². The molecule has 3 aromatic rings. The molecule has 0 aliphatic rings. The molecule has 220 valence electrons. The highest BCUT2D eigenvalue weighted by Crippen LogP contribution is 2.41. The molecule has 0 spiro atoms. The van der Waals surface area contributed by atoms with Crippen LogP contribution >= 0.6 is 0 Å². The second-order valence-electron chi connectivity index (χ2n) is 10.3. The number of halogens is 3. The summed E-state index contributed by atoms with van der Waals surface area (Å²) in [4.78, 5) is -0.418. The van der Waals surface area contributed by atoms with Gasteiger partial charge in [-0.25, -0.2) is 12.7 Å². The van der Waals surface area contributed by atoms with Gasteiger partial charge in [0.2, 0.25) is 5.88 Å². The van der Waals surface area contributed by atoms with Gasteiger partial charge in [-0.3, -0.25) is 4.18 Å². The van der Waals surface area contributed by atoms with E-state index in [1.54, 1.807) is 6.92 Å². The summed E-state index contributed by atoms with van der Waals surface area (Å²) in [6.45, 7) is 8.51. The number of aromatic nitrogens is 1. The average Bonchev–Trinajstić information content (AvgIpc) is 3.26. The molecule has 1 unspecified atom stereocenters. The lowest BCUT2D eigenvalue weighted by Gasteiger charge is -2.29. The van der Waals surface area contributed by atoms with Crippen LogP contribution in [0.1, 0.15) is 23.7 Å². The molecule has 1 heterocycles. The summed E-state index contributed by atoms with van der Waals surface area (Å²) in [6.07, 6.45) is -4.12. The summed E-state index contributed by atoms with van der Waals surface area (Å²) in [5.41, 5.74) is -1.72. The van der Waals surface area contributed by atoms with E-state index in [0.717, 1.165) is 22.7 Å². The van der Waals surface area contributed by atoms with Crippen molar-refractivity contribution in [3.05, 3.63) is 65.4 Å². The van der Waals surface area contributed by atoms with Gasteiger partial charge in [0.15, 0.2) is 0 Å². The van der Waals surface area contributed by atoms with Crippen molar-refractivity contribution in [1.29, 1.82) is 0 Å². The molecule has 0 saturated heterocycles. The van der Waals surface area contributed by atoms with E-state index < -0.39 is 63.8 Å². The minimum atomic E-state index is -4.90. The van der Waals surface area contributed by atoms with Crippen molar-refractivity contribution in [3.63, 3.8) is 0 Å². The zero-order chi connectivity index (χ0) is 30.1. The number of alkyl halides is 3. The number of benzene rings is 2. The Balaban J connectivity index is 2.15. The maximum atomic E-state index is 14.2. The van der Waals surface area contributed by atoms with Crippen molar-refractivity contribution in [2.75, 3.05) is 17.3 Å². The molecule has 0 saturated carbocycles. The Kier molecular flexibility index (Phi) is 9.25. The summed E-state index contributed by atoms with van der Waals surface area (Å²) in [5.74, 6) is -0.153. The molecule has 15 heteroatoms. The average molecular weight is 621 g/mol. The molecule has 0 amide bonds. The van der Waals surface area contributed by atoms with Gasteiger partial charge in [-0.1, -0.05) is 55.1 Å². The van der Waals surface area contributed by atoms with Crippen LogP contribution in [0.3, 0.4) is 0 Å². The number of ether oxygens (including phenoxy) is 1. The standard InChI is InChI=1S/C25H31F3N2O7S2Si/c1-17-13-24(37-29-17)30(16-35-18(2)40(4,5)6)39(33,34)23-10-8-7-9-21(23)20-12-11-19(15-36-38(3,31)32)14-22(20)25(26,27)28/h7-14,18H,15-16H2,1-6H3. The zero-order valence-corrected chi connectivity index (χ0v) is 25.4. The van der Waals surface area contributed by atoms with Crippen molar-refractivity contribution < 1.29 is 43.4 Å². The molecule has 40 heavy (non-hydrogen) atoms. The number of hydrogen-bond acceptors (Lipinski definition) is 8. The third-order valence-electron chi connectivity index (χ3n) is 6.10. The van der Waals surface area contributed by atoms with Crippen LogP contribution in [0.25, 0.3) is 11.1 Å². The summed E-state index contributed by atoms with van der Waals surface area (Å²) in [7, 11) is -10.3. The topological polar surface area (TPSA) is 116 Å². The molecule has 3 rings (SSSR count). The normalized spacial score (nSPS) is 13.8. The number of rotatable bonds is 11. The lowest BCUT2D eigenvalue weighted by molar-refractivity contribution is -0.137. The number of sulfonamides is 1. The van der Waals surface area contributed by atoms with Gasteiger partial charge < -0.3 is 9.26 Å². The molecular weight excluding hydrogens is 589 g/mol. The first-order chi connectivity index (χ1) is 18.3. The van der Waals surface area contributed by atoms with Crippen LogP contribution in [0, 0.1) is 6.92 Å². The fourth-order valence-corrected chi connectivity index (χ4v) is 5.90. The van der Waals surface area contributed by atoms with Gasteiger partial charge in [-0.15, -0.1) is 0 Å². The van der Waals surface area contributed by atoms with Crippen molar-refractivity contribution >= 4 is 34.1 Å². The largest absolute Gasteiger partial charge is 0.417 e. The van der Waals surface area contributed by atoms with E-state index in [0.29, 0.717) is 5.69 Å². The van der Waals surface area contributed by atoms with Gasteiger partial charge in [0.1, 0.15) is 6.73 Å². The molecule has 0 radical (unpaired) electrons. The smallest absolute Gasteiger partial charge is 0.360 e. The first kappa shape index (κ1) is 31.8.